The Kier molecular flexibility index (Phi) is 12.2. The standard InChI is InChI=1S/C38H47N5O6S/c1-24(2)17-30(34(45)38(4)22-49-38)41-36(47)32(19-27-13-9-6-10-14-27)43-25(3)18-31(37(43)48)42-35(46)29(16-15-26-11-7-5-8-12-26)40-33(44)20-28-21-50-23-39-28/h5-14,21,23-25,29-32H,15-20,22H2,1-4H3,(H,40,44)(H,41,47)(H,42,46)/t25?,29-,30-,31-,32-,38?/m0/s1. The van der Waals surface area contributed by atoms with Gasteiger partial charge in [-0.3, -0.25) is 24.0 Å². The average Bonchev–Trinajstić information content (AvgIpc) is 3.51. The molecule has 5 rings (SSSR count). The minimum Gasteiger partial charge on any atom is -0.361 e. The number of amides is 4. The minimum absolute atomic E-state index is 0.0354. The third-order valence-electron chi connectivity index (χ3n) is 9.31. The van der Waals surface area contributed by atoms with Crippen LogP contribution in [0.5, 0.6) is 0 Å². The molecule has 2 aromatic carbocycles. The largest absolute Gasteiger partial charge is 0.361 e. The molecule has 2 aliphatic rings. The summed E-state index contributed by atoms with van der Waals surface area (Å²) < 4.78 is 5.42. The maximum atomic E-state index is 14.1. The van der Waals surface area contributed by atoms with E-state index >= 15 is 0 Å². The van der Waals surface area contributed by atoms with E-state index in [0.717, 1.165) is 11.1 Å². The predicted octanol–water partition coefficient (Wildman–Crippen LogP) is 3.41. The molecule has 6 atom stereocenters. The van der Waals surface area contributed by atoms with Gasteiger partial charge in [0.25, 0.3) is 0 Å². The van der Waals surface area contributed by atoms with Gasteiger partial charge in [0, 0.05) is 17.8 Å². The van der Waals surface area contributed by atoms with Crippen LogP contribution in [-0.4, -0.2) is 81.7 Å². The Morgan fingerprint density at radius 1 is 0.980 bits per heavy atom. The fourth-order valence-corrected chi connectivity index (χ4v) is 7.07. The van der Waals surface area contributed by atoms with Gasteiger partial charge in [0.2, 0.25) is 23.6 Å². The van der Waals surface area contributed by atoms with Crippen molar-refractivity contribution in [2.24, 2.45) is 5.92 Å². The zero-order valence-electron chi connectivity index (χ0n) is 29.1. The molecule has 266 valence electrons. The molecule has 0 bridgehead atoms. The topological polar surface area (TPSA) is 150 Å². The van der Waals surface area contributed by atoms with Crippen LogP contribution >= 0.6 is 11.3 Å². The van der Waals surface area contributed by atoms with Gasteiger partial charge in [0.15, 0.2) is 5.78 Å². The number of epoxide rings is 1. The second kappa shape index (κ2) is 16.5. The van der Waals surface area contributed by atoms with Gasteiger partial charge in [-0.2, -0.15) is 0 Å². The highest BCUT2D eigenvalue weighted by Crippen LogP contribution is 2.30. The van der Waals surface area contributed by atoms with Crippen molar-refractivity contribution in [1.29, 1.82) is 0 Å². The Morgan fingerprint density at radius 3 is 2.24 bits per heavy atom. The first-order chi connectivity index (χ1) is 23.9. The molecule has 4 amide bonds. The number of hydrogen-bond acceptors (Lipinski definition) is 8. The summed E-state index contributed by atoms with van der Waals surface area (Å²) in [6.07, 6.45) is 1.84. The molecule has 12 heteroatoms. The third kappa shape index (κ3) is 9.63. The van der Waals surface area contributed by atoms with Crippen molar-refractivity contribution in [3.8, 4) is 0 Å². The number of carbonyl (C=O) groups excluding carboxylic acids is 5. The molecule has 0 spiro atoms. The molecular weight excluding hydrogens is 655 g/mol. The first-order valence-electron chi connectivity index (χ1n) is 17.3. The number of ether oxygens (including phenoxy) is 1. The van der Waals surface area contributed by atoms with E-state index in [1.165, 1.54) is 11.3 Å². The maximum Gasteiger partial charge on any atom is 0.246 e. The number of likely N-dealkylation sites (tertiary alicyclic amines) is 1. The molecule has 0 radical (unpaired) electrons. The van der Waals surface area contributed by atoms with Gasteiger partial charge in [0.1, 0.15) is 23.7 Å². The molecule has 3 heterocycles. The Bertz CT molecular complexity index is 1630. The molecule has 2 aliphatic heterocycles. The molecule has 0 saturated carbocycles. The quantitative estimate of drug-likeness (QED) is 0.183. The van der Waals surface area contributed by atoms with Gasteiger partial charge in [-0.15, -0.1) is 11.3 Å². The van der Waals surface area contributed by atoms with Crippen LogP contribution in [0.15, 0.2) is 71.6 Å². The lowest BCUT2D eigenvalue weighted by Crippen LogP contribution is -2.57. The van der Waals surface area contributed by atoms with Crippen molar-refractivity contribution in [3.05, 3.63) is 88.4 Å². The highest BCUT2D eigenvalue weighted by Gasteiger charge is 2.51. The van der Waals surface area contributed by atoms with Crippen LogP contribution in [0.4, 0.5) is 0 Å². The normalized spacial score (nSPS) is 21.7. The number of hydrogen-bond donors (Lipinski definition) is 3. The third-order valence-corrected chi connectivity index (χ3v) is 9.95. The molecular formula is C38H47N5O6S. The second-order valence-corrected chi connectivity index (χ2v) is 14.7. The number of ketones is 1. The van der Waals surface area contributed by atoms with E-state index in [2.05, 4.69) is 20.9 Å². The van der Waals surface area contributed by atoms with Gasteiger partial charge in [-0.1, -0.05) is 74.5 Å². The number of aryl methyl sites for hydroxylation is 1. The number of nitrogens with one attached hydrogen (secondary N) is 3. The van der Waals surface area contributed by atoms with E-state index in [1.54, 1.807) is 22.7 Å². The van der Waals surface area contributed by atoms with Crippen LogP contribution in [0.2, 0.25) is 0 Å². The second-order valence-electron chi connectivity index (χ2n) is 14.0. The number of benzene rings is 2. The lowest BCUT2D eigenvalue weighted by atomic mass is 9.92. The van der Waals surface area contributed by atoms with Gasteiger partial charge < -0.3 is 25.6 Å². The summed E-state index contributed by atoms with van der Waals surface area (Å²) in [5.41, 5.74) is 3.22. The lowest BCUT2D eigenvalue weighted by Gasteiger charge is -2.33. The number of thiazole rings is 1. The predicted molar refractivity (Wildman–Crippen MR) is 190 cm³/mol. The van der Waals surface area contributed by atoms with Gasteiger partial charge in [0.05, 0.1) is 30.3 Å². The van der Waals surface area contributed by atoms with Crippen LogP contribution in [0.1, 0.15) is 63.8 Å². The van der Waals surface area contributed by atoms with E-state index in [-0.39, 0.29) is 42.8 Å². The summed E-state index contributed by atoms with van der Waals surface area (Å²) in [7, 11) is 0. The number of rotatable bonds is 17. The van der Waals surface area contributed by atoms with Crippen molar-refractivity contribution in [2.45, 2.75) is 102 Å². The van der Waals surface area contributed by atoms with E-state index in [0.29, 0.717) is 31.6 Å². The molecule has 2 fully saturated rings. The summed E-state index contributed by atoms with van der Waals surface area (Å²) >= 11 is 1.39. The fraction of sp³-hybridized carbons (Fsp3) is 0.474. The van der Waals surface area contributed by atoms with Crippen LogP contribution < -0.4 is 16.0 Å². The number of Topliss-reactive ketones (excluding diaryl/α,β-unsaturated/α-hetero) is 1. The lowest BCUT2D eigenvalue weighted by molar-refractivity contribution is -0.142. The van der Waals surface area contributed by atoms with Crippen LogP contribution in [0, 0.1) is 5.92 Å². The maximum absolute atomic E-state index is 14.1. The fourth-order valence-electron chi connectivity index (χ4n) is 6.51. The number of carbonyl (C=O) groups is 5. The Balaban J connectivity index is 1.32. The van der Waals surface area contributed by atoms with E-state index in [4.69, 9.17) is 4.74 Å². The highest BCUT2D eigenvalue weighted by molar-refractivity contribution is 7.07. The van der Waals surface area contributed by atoms with Crippen LogP contribution in [0.3, 0.4) is 0 Å². The SMILES string of the molecule is CC(C)C[C@H](NC(=O)[C@H](Cc1ccccc1)N1C(=O)[C@@H](NC(=O)[C@H](CCc2ccccc2)NC(=O)Cc2cscn2)CC1C)C(=O)C1(C)CO1. The Morgan fingerprint density at radius 2 is 1.64 bits per heavy atom. The summed E-state index contributed by atoms with van der Waals surface area (Å²) in [5, 5.41) is 10.5. The molecule has 11 nitrogen and oxygen atoms in total. The average molecular weight is 702 g/mol. The van der Waals surface area contributed by atoms with E-state index in [1.807, 2.05) is 81.4 Å². The first kappa shape index (κ1) is 36.9. The van der Waals surface area contributed by atoms with Crippen molar-refractivity contribution >= 4 is 40.7 Å². The summed E-state index contributed by atoms with van der Waals surface area (Å²) in [4.78, 5) is 74.1. The monoisotopic (exact) mass is 701 g/mol. The molecule has 1 aromatic heterocycles. The summed E-state index contributed by atoms with van der Waals surface area (Å²) in [5.74, 6) is -1.68. The molecule has 3 aromatic rings. The number of nitrogens with zero attached hydrogens (tertiary/aromatic N) is 2. The van der Waals surface area contributed by atoms with Crippen molar-refractivity contribution < 1.29 is 28.7 Å². The summed E-state index contributed by atoms with van der Waals surface area (Å²) in [6.45, 7) is 7.86. The van der Waals surface area contributed by atoms with Gasteiger partial charge in [-0.05, 0) is 56.6 Å². The molecule has 2 saturated heterocycles. The van der Waals surface area contributed by atoms with Crippen molar-refractivity contribution in [1.82, 2.24) is 25.8 Å². The minimum atomic E-state index is -0.927. The number of aromatic nitrogens is 1. The molecule has 50 heavy (non-hydrogen) atoms. The first-order valence-corrected chi connectivity index (χ1v) is 18.2. The Labute approximate surface area is 297 Å². The smallest absolute Gasteiger partial charge is 0.246 e. The van der Waals surface area contributed by atoms with E-state index < -0.39 is 47.6 Å². The summed E-state index contributed by atoms with van der Waals surface area (Å²) in [6, 6.07) is 15.2. The Hall–Kier alpha value is -4.42. The molecule has 0 aliphatic carbocycles. The molecule has 2 unspecified atom stereocenters. The van der Waals surface area contributed by atoms with Crippen molar-refractivity contribution in [2.75, 3.05) is 6.61 Å². The van der Waals surface area contributed by atoms with Crippen molar-refractivity contribution in [3.63, 3.8) is 0 Å². The van der Waals surface area contributed by atoms with E-state index in [9.17, 15) is 24.0 Å². The van der Waals surface area contributed by atoms with Crippen LogP contribution in [-0.2, 0) is 48.0 Å². The highest BCUT2D eigenvalue weighted by atomic mass is 32.1. The zero-order chi connectivity index (χ0) is 35.8. The molecule has 3 N–H and O–H groups in total. The van der Waals surface area contributed by atoms with Gasteiger partial charge in [-0.25, -0.2) is 4.98 Å². The zero-order valence-corrected chi connectivity index (χ0v) is 29.9. The van der Waals surface area contributed by atoms with Gasteiger partial charge >= 0.3 is 0 Å². The van der Waals surface area contributed by atoms with Crippen LogP contribution in [0.25, 0.3) is 0 Å².